The van der Waals surface area contributed by atoms with Gasteiger partial charge in [-0.1, -0.05) is 13.8 Å². The van der Waals surface area contributed by atoms with Crippen LogP contribution in [-0.4, -0.2) is 31.0 Å². The van der Waals surface area contributed by atoms with Gasteiger partial charge in [-0.3, -0.25) is 4.79 Å². The van der Waals surface area contributed by atoms with Crippen LogP contribution in [0.5, 0.6) is 5.75 Å². The molecular formula is C18H22F2N2O5S. The second kappa shape index (κ2) is 8.68. The smallest absolute Gasteiger partial charge is 0.357 e. The highest BCUT2D eigenvalue weighted by atomic mass is 32.2. The lowest BCUT2D eigenvalue weighted by atomic mass is 10.1. The van der Waals surface area contributed by atoms with E-state index in [1.807, 2.05) is 0 Å². The maximum Gasteiger partial charge on any atom is 0.357 e. The number of imidazole rings is 1. The van der Waals surface area contributed by atoms with E-state index in [0.29, 0.717) is 11.9 Å². The van der Waals surface area contributed by atoms with Gasteiger partial charge in [0.05, 0.1) is 19.2 Å². The number of carbonyl (C=O) groups excluding carboxylic acids is 1. The Hall–Kier alpha value is -2.49. The van der Waals surface area contributed by atoms with Gasteiger partial charge in [-0.25, -0.2) is 13.8 Å². The number of hydrogen-bond donors (Lipinski definition) is 0. The van der Waals surface area contributed by atoms with Crippen molar-refractivity contribution in [2.75, 3.05) is 7.11 Å². The molecule has 0 atom stereocenters. The molecule has 1 aromatic heterocycles. The summed E-state index contributed by atoms with van der Waals surface area (Å²) in [7, 11) is -3.18. The molecule has 1 aromatic carbocycles. The highest BCUT2D eigenvalue weighted by Gasteiger charge is 2.31. The Bertz CT molecular complexity index is 950. The quantitative estimate of drug-likeness (QED) is 0.485. The van der Waals surface area contributed by atoms with Crippen LogP contribution in [0.3, 0.4) is 0 Å². The molecule has 0 aliphatic rings. The van der Waals surface area contributed by atoms with Crippen LogP contribution in [0.25, 0.3) is 0 Å². The van der Waals surface area contributed by atoms with Crippen molar-refractivity contribution in [1.29, 1.82) is 0 Å². The summed E-state index contributed by atoms with van der Waals surface area (Å²) in [5.74, 6) is -2.75. The van der Waals surface area contributed by atoms with Gasteiger partial charge >= 0.3 is 16.1 Å². The van der Waals surface area contributed by atoms with Gasteiger partial charge in [0.2, 0.25) is 0 Å². The molecule has 0 fully saturated rings. The molecule has 0 unspecified atom stereocenters. The zero-order valence-corrected chi connectivity index (χ0v) is 16.8. The van der Waals surface area contributed by atoms with E-state index in [1.165, 1.54) is 11.7 Å². The lowest BCUT2D eigenvalue weighted by Gasteiger charge is -2.13. The summed E-state index contributed by atoms with van der Waals surface area (Å²) in [5.41, 5.74) is 0.249. The predicted molar refractivity (Wildman–Crippen MR) is 96.5 cm³/mol. The van der Waals surface area contributed by atoms with Gasteiger partial charge in [0, 0.05) is 31.2 Å². The molecule has 0 saturated heterocycles. The molecule has 0 N–H and O–H groups in total. The third kappa shape index (κ3) is 4.86. The number of rotatable bonds is 8. The average Bonchev–Trinajstić information content (AvgIpc) is 2.98. The molecule has 2 aromatic rings. The van der Waals surface area contributed by atoms with Crippen molar-refractivity contribution in [3.63, 3.8) is 0 Å². The summed E-state index contributed by atoms with van der Waals surface area (Å²) in [6.07, 6.45) is 0.199. The number of ether oxygens (including phenoxy) is 1. The van der Waals surface area contributed by atoms with Crippen LogP contribution < -0.4 is 4.18 Å². The molecule has 154 valence electrons. The second-order valence-corrected chi connectivity index (χ2v) is 7.80. The fourth-order valence-electron chi connectivity index (χ4n) is 2.72. The number of halogens is 2. The van der Waals surface area contributed by atoms with E-state index in [0.717, 1.165) is 12.1 Å². The zero-order valence-electron chi connectivity index (χ0n) is 16.0. The Balaban J connectivity index is 2.51. The van der Waals surface area contributed by atoms with Crippen LogP contribution in [0.1, 0.15) is 44.6 Å². The van der Waals surface area contributed by atoms with Crippen LogP contribution >= 0.6 is 0 Å². The van der Waals surface area contributed by atoms with E-state index < -0.39 is 33.5 Å². The van der Waals surface area contributed by atoms with Crippen molar-refractivity contribution in [3.05, 3.63) is 41.4 Å². The fraction of sp³-hybridized carbons (Fsp3) is 0.444. The minimum Gasteiger partial charge on any atom is -0.469 e. The van der Waals surface area contributed by atoms with E-state index in [4.69, 9.17) is 4.18 Å². The van der Waals surface area contributed by atoms with Crippen molar-refractivity contribution >= 4 is 16.1 Å². The summed E-state index contributed by atoms with van der Waals surface area (Å²) in [6.45, 7) is 5.47. The summed E-state index contributed by atoms with van der Waals surface area (Å²) >= 11 is 0. The normalized spacial score (nSPS) is 11.7. The van der Waals surface area contributed by atoms with Crippen molar-refractivity contribution in [2.24, 2.45) is 0 Å². The van der Waals surface area contributed by atoms with Gasteiger partial charge in [0.15, 0.2) is 5.03 Å². The van der Waals surface area contributed by atoms with Crippen LogP contribution in [0.2, 0.25) is 0 Å². The van der Waals surface area contributed by atoms with E-state index in [1.54, 1.807) is 20.8 Å². The SMILES string of the molecule is CCn1c(CCC(=O)OC)nc(C(C)C)c1S(=O)(=O)Oc1cc(F)cc(F)c1. The minimum atomic E-state index is -4.44. The minimum absolute atomic E-state index is 0.0283. The monoisotopic (exact) mass is 416 g/mol. The largest absolute Gasteiger partial charge is 0.469 e. The maximum absolute atomic E-state index is 13.4. The van der Waals surface area contributed by atoms with Crippen LogP contribution in [-0.2, 0) is 32.6 Å². The number of aryl methyl sites for hydroxylation is 1. The zero-order chi connectivity index (χ0) is 21.1. The van der Waals surface area contributed by atoms with E-state index in [-0.39, 0.29) is 36.0 Å². The number of benzene rings is 1. The molecule has 0 bridgehead atoms. The number of aromatic nitrogens is 2. The van der Waals surface area contributed by atoms with Crippen molar-refractivity contribution in [3.8, 4) is 5.75 Å². The van der Waals surface area contributed by atoms with E-state index in [2.05, 4.69) is 9.72 Å². The number of carbonyl (C=O) groups is 1. The summed E-state index contributed by atoms with van der Waals surface area (Å²) in [4.78, 5) is 15.8. The molecule has 0 aliphatic heterocycles. The molecule has 1 heterocycles. The summed E-state index contributed by atoms with van der Waals surface area (Å²) in [6, 6.07) is 2.17. The highest BCUT2D eigenvalue weighted by Crippen LogP contribution is 2.29. The first kappa shape index (κ1) is 21.8. The van der Waals surface area contributed by atoms with Gasteiger partial charge in [-0.05, 0) is 12.8 Å². The Kier molecular flexibility index (Phi) is 6.76. The van der Waals surface area contributed by atoms with Crippen LogP contribution in [0, 0.1) is 11.6 Å². The lowest BCUT2D eigenvalue weighted by Crippen LogP contribution is -2.18. The Morgan fingerprint density at radius 3 is 2.32 bits per heavy atom. The van der Waals surface area contributed by atoms with Crippen molar-refractivity contribution < 1.29 is 30.9 Å². The average molecular weight is 416 g/mol. The summed E-state index contributed by atoms with van der Waals surface area (Å²) < 4.78 is 63.6. The molecule has 0 radical (unpaired) electrons. The van der Waals surface area contributed by atoms with Gasteiger partial charge in [0.25, 0.3) is 0 Å². The standard InChI is InChI=1S/C18H22F2N2O5S/c1-5-22-15(6-7-16(23)26-4)21-17(11(2)3)18(22)28(24,25)27-14-9-12(19)8-13(20)10-14/h8-11H,5-7H2,1-4H3. The van der Waals surface area contributed by atoms with E-state index >= 15 is 0 Å². The molecule has 0 saturated carbocycles. The first-order chi connectivity index (χ1) is 13.1. The van der Waals surface area contributed by atoms with E-state index in [9.17, 15) is 22.0 Å². The summed E-state index contributed by atoms with van der Waals surface area (Å²) in [5, 5.41) is -0.200. The number of esters is 1. The topological polar surface area (TPSA) is 87.5 Å². The van der Waals surface area contributed by atoms with Gasteiger partial charge < -0.3 is 13.5 Å². The van der Waals surface area contributed by atoms with Gasteiger partial charge in [0.1, 0.15) is 23.2 Å². The third-order valence-corrected chi connectivity index (χ3v) is 5.26. The molecule has 7 nitrogen and oxygen atoms in total. The first-order valence-corrected chi connectivity index (χ1v) is 10.1. The fourth-order valence-corrected chi connectivity index (χ4v) is 4.19. The molecule has 0 amide bonds. The second-order valence-electron chi connectivity index (χ2n) is 6.34. The van der Waals surface area contributed by atoms with Crippen molar-refractivity contribution in [1.82, 2.24) is 9.55 Å². The first-order valence-electron chi connectivity index (χ1n) is 8.65. The Morgan fingerprint density at radius 1 is 1.21 bits per heavy atom. The number of methoxy groups -OCH3 is 1. The highest BCUT2D eigenvalue weighted by molar-refractivity contribution is 7.87. The Labute approximate surface area is 162 Å². The van der Waals surface area contributed by atoms with Crippen LogP contribution in [0.4, 0.5) is 8.78 Å². The predicted octanol–water partition coefficient (Wildman–Crippen LogP) is 3.18. The third-order valence-electron chi connectivity index (χ3n) is 3.95. The molecule has 0 aliphatic carbocycles. The molecule has 28 heavy (non-hydrogen) atoms. The molecule has 10 heteroatoms. The maximum atomic E-state index is 13.4. The number of nitrogens with zero attached hydrogens (tertiary/aromatic N) is 2. The van der Waals surface area contributed by atoms with Gasteiger partial charge in [-0.2, -0.15) is 8.42 Å². The Morgan fingerprint density at radius 2 is 1.82 bits per heavy atom. The lowest BCUT2D eigenvalue weighted by molar-refractivity contribution is -0.140. The van der Waals surface area contributed by atoms with Crippen molar-refractivity contribution in [2.45, 2.75) is 51.1 Å². The van der Waals surface area contributed by atoms with Gasteiger partial charge in [-0.15, -0.1) is 0 Å². The molecule has 0 spiro atoms. The molecular weight excluding hydrogens is 394 g/mol. The molecule has 2 rings (SSSR count). The number of hydrogen-bond acceptors (Lipinski definition) is 6. The van der Waals surface area contributed by atoms with Crippen LogP contribution in [0.15, 0.2) is 23.2 Å².